The topological polar surface area (TPSA) is 55.4 Å². The molecule has 0 unspecified atom stereocenters. The minimum absolute atomic E-state index is 0.393. The molecule has 0 atom stereocenters. The number of hydrogen-bond acceptors (Lipinski definition) is 3. The first-order valence-corrected chi connectivity index (χ1v) is 7.94. The molecule has 1 amide bonds. The molecule has 0 bridgehead atoms. The first-order valence-electron chi connectivity index (χ1n) is 7.94. The molecule has 0 saturated heterocycles. The predicted molar refractivity (Wildman–Crippen MR) is 95.6 cm³/mol. The molecule has 0 aliphatic rings. The number of amides is 1. The van der Waals surface area contributed by atoms with Gasteiger partial charge in [0.15, 0.2) is 6.61 Å². The molecule has 1 N–H and O–H groups in total. The first kappa shape index (κ1) is 18.4. The van der Waals surface area contributed by atoms with E-state index in [0.717, 1.165) is 5.56 Å². The number of ether oxygens (including phenoxy) is 1. The van der Waals surface area contributed by atoms with Crippen LogP contribution in [0.5, 0.6) is 0 Å². The lowest BCUT2D eigenvalue weighted by Crippen LogP contribution is -2.20. The molecule has 0 heterocycles. The molecular formula is C20H20FNO3. The summed E-state index contributed by atoms with van der Waals surface area (Å²) in [6.45, 7) is 3.81. The van der Waals surface area contributed by atoms with E-state index in [4.69, 9.17) is 4.74 Å². The van der Waals surface area contributed by atoms with Crippen LogP contribution in [-0.2, 0) is 14.3 Å². The molecule has 25 heavy (non-hydrogen) atoms. The molecule has 0 aliphatic heterocycles. The van der Waals surface area contributed by atoms with E-state index in [2.05, 4.69) is 19.2 Å². The number of carbonyl (C=O) groups excluding carboxylic acids is 2. The number of anilines is 1. The van der Waals surface area contributed by atoms with E-state index >= 15 is 0 Å². The van der Waals surface area contributed by atoms with Gasteiger partial charge in [-0.15, -0.1) is 0 Å². The van der Waals surface area contributed by atoms with Crippen molar-refractivity contribution in [3.05, 3.63) is 71.6 Å². The summed E-state index contributed by atoms with van der Waals surface area (Å²) < 4.78 is 17.6. The van der Waals surface area contributed by atoms with Gasteiger partial charge in [0, 0.05) is 11.8 Å². The highest BCUT2D eigenvalue weighted by Gasteiger charge is 2.06. The largest absolute Gasteiger partial charge is 0.452 e. The van der Waals surface area contributed by atoms with Crippen LogP contribution in [0.2, 0.25) is 0 Å². The van der Waals surface area contributed by atoms with Crippen molar-refractivity contribution in [1.82, 2.24) is 0 Å². The van der Waals surface area contributed by atoms with Gasteiger partial charge in [-0.2, -0.15) is 0 Å². The molecule has 0 aliphatic carbocycles. The Bertz CT molecular complexity index is 750. The van der Waals surface area contributed by atoms with Crippen LogP contribution in [0.1, 0.15) is 30.9 Å². The van der Waals surface area contributed by atoms with E-state index in [1.165, 1.54) is 35.9 Å². The molecule has 130 valence electrons. The highest BCUT2D eigenvalue weighted by Crippen LogP contribution is 2.15. The fraction of sp³-hybridized carbons (Fsp3) is 0.200. The van der Waals surface area contributed by atoms with E-state index in [-0.39, 0.29) is 0 Å². The highest BCUT2D eigenvalue weighted by molar-refractivity contribution is 5.94. The van der Waals surface area contributed by atoms with Gasteiger partial charge < -0.3 is 10.1 Å². The fourth-order valence-corrected chi connectivity index (χ4v) is 2.07. The summed E-state index contributed by atoms with van der Waals surface area (Å²) in [4.78, 5) is 23.3. The minimum Gasteiger partial charge on any atom is -0.452 e. The lowest BCUT2D eigenvalue weighted by Gasteiger charge is -2.05. The lowest BCUT2D eigenvalue weighted by molar-refractivity contribution is -0.142. The maximum atomic E-state index is 12.8. The van der Waals surface area contributed by atoms with Gasteiger partial charge in [-0.05, 0) is 47.4 Å². The van der Waals surface area contributed by atoms with Crippen LogP contribution in [0.3, 0.4) is 0 Å². The zero-order valence-electron chi connectivity index (χ0n) is 14.2. The lowest BCUT2D eigenvalue weighted by atomic mass is 10.0. The Kier molecular flexibility index (Phi) is 6.46. The van der Waals surface area contributed by atoms with Crippen molar-refractivity contribution in [2.45, 2.75) is 19.8 Å². The van der Waals surface area contributed by atoms with Crippen LogP contribution in [0.15, 0.2) is 54.6 Å². The Hall–Kier alpha value is -2.95. The Morgan fingerprint density at radius 2 is 1.72 bits per heavy atom. The number of nitrogens with one attached hydrogen (secondary N) is 1. The molecular weight excluding hydrogens is 321 g/mol. The van der Waals surface area contributed by atoms with Crippen LogP contribution in [0, 0.1) is 5.82 Å². The van der Waals surface area contributed by atoms with Gasteiger partial charge >= 0.3 is 5.97 Å². The number of halogens is 1. The standard InChI is InChI=1S/C20H20FNO3/c1-14(2)16-6-3-15(4-7-16)5-12-20(24)25-13-19(23)22-18-10-8-17(21)9-11-18/h3-12,14H,13H2,1-2H3,(H,22,23)/b12-5+. The zero-order chi connectivity index (χ0) is 18.2. The third kappa shape index (κ3) is 6.22. The Balaban J connectivity index is 1.79. The number of benzene rings is 2. The molecule has 4 nitrogen and oxygen atoms in total. The monoisotopic (exact) mass is 341 g/mol. The van der Waals surface area contributed by atoms with Gasteiger partial charge in [0.25, 0.3) is 5.91 Å². The van der Waals surface area contributed by atoms with E-state index in [1.54, 1.807) is 6.08 Å². The molecule has 0 spiro atoms. The second-order valence-corrected chi connectivity index (χ2v) is 5.82. The van der Waals surface area contributed by atoms with Gasteiger partial charge in [0.2, 0.25) is 0 Å². The summed E-state index contributed by atoms with van der Waals surface area (Å²) in [5.41, 5.74) is 2.53. The third-order valence-electron chi connectivity index (χ3n) is 3.49. The Morgan fingerprint density at radius 1 is 1.08 bits per heavy atom. The number of rotatable bonds is 6. The van der Waals surface area contributed by atoms with E-state index in [0.29, 0.717) is 11.6 Å². The van der Waals surface area contributed by atoms with Crippen molar-refractivity contribution >= 4 is 23.6 Å². The van der Waals surface area contributed by atoms with Crippen LogP contribution >= 0.6 is 0 Å². The fourth-order valence-electron chi connectivity index (χ4n) is 2.07. The van der Waals surface area contributed by atoms with Crippen LogP contribution < -0.4 is 5.32 Å². The summed E-state index contributed by atoms with van der Waals surface area (Å²) in [5, 5.41) is 2.51. The SMILES string of the molecule is CC(C)c1ccc(/C=C/C(=O)OCC(=O)Nc2ccc(F)cc2)cc1. The van der Waals surface area contributed by atoms with Crippen molar-refractivity contribution in [1.29, 1.82) is 0 Å². The smallest absolute Gasteiger partial charge is 0.331 e. The van der Waals surface area contributed by atoms with Gasteiger partial charge in [0.05, 0.1) is 0 Å². The summed E-state index contributed by atoms with van der Waals surface area (Å²) in [6.07, 6.45) is 2.90. The number of esters is 1. The maximum absolute atomic E-state index is 12.8. The minimum atomic E-state index is -0.609. The Labute approximate surface area is 146 Å². The van der Waals surface area contributed by atoms with Gasteiger partial charge in [-0.25, -0.2) is 9.18 Å². The van der Waals surface area contributed by atoms with Crippen LogP contribution in [0.25, 0.3) is 6.08 Å². The predicted octanol–water partition coefficient (Wildman–Crippen LogP) is 4.14. The molecule has 5 heteroatoms. The first-order chi connectivity index (χ1) is 11.9. The Morgan fingerprint density at radius 3 is 2.32 bits per heavy atom. The molecule has 2 aromatic rings. The highest BCUT2D eigenvalue weighted by atomic mass is 19.1. The van der Waals surface area contributed by atoms with Crippen molar-refractivity contribution in [2.24, 2.45) is 0 Å². The average molecular weight is 341 g/mol. The second kappa shape index (κ2) is 8.78. The molecule has 2 rings (SSSR count). The van der Waals surface area contributed by atoms with Crippen molar-refractivity contribution in [3.63, 3.8) is 0 Å². The quantitative estimate of drug-likeness (QED) is 0.634. The summed E-state index contributed by atoms with van der Waals surface area (Å²) in [5.74, 6) is -1.05. The van der Waals surface area contributed by atoms with Gasteiger partial charge in [-0.3, -0.25) is 4.79 Å². The third-order valence-corrected chi connectivity index (χ3v) is 3.49. The molecule has 0 saturated carbocycles. The van der Waals surface area contributed by atoms with E-state index < -0.39 is 24.3 Å². The zero-order valence-corrected chi connectivity index (χ0v) is 14.2. The van der Waals surface area contributed by atoms with Gasteiger partial charge in [0.1, 0.15) is 5.82 Å². The average Bonchev–Trinajstić information content (AvgIpc) is 2.60. The normalized spacial score (nSPS) is 10.9. The van der Waals surface area contributed by atoms with Crippen LogP contribution in [0.4, 0.5) is 10.1 Å². The summed E-state index contributed by atoms with van der Waals surface area (Å²) in [6, 6.07) is 13.2. The van der Waals surface area contributed by atoms with Gasteiger partial charge in [-0.1, -0.05) is 38.1 Å². The van der Waals surface area contributed by atoms with E-state index in [9.17, 15) is 14.0 Å². The molecule has 2 aromatic carbocycles. The van der Waals surface area contributed by atoms with Crippen LogP contribution in [-0.4, -0.2) is 18.5 Å². The van der Waals surface area contributed by atoms with Crippen molar-refractivity contribution in [2.75, 3.05) is 11.9 Å². The molecule has 0 radical (unpaired) electrons. The van der Waals surface area contributed by atoms with Crippen molar-refractivity contribution < 1.29 is 18.7 Å². The number of carbonyl (C=O) groups is 2. The molecule has 0 fully saturated rings. The summed E-state index contributed by atoms with van der Waals surface area (Å²) in [7, 11) is 0. The molecule has 0 aromatic heterocycles. The second-order valence-electron chi connectivity index (χ2n) is 5.82. The summed E-state index contributed by atoms with van der Waals surface area (Å²) >= 11 is 0. The maximum Gasteiger partial charge on any atom is 0.331 e. The van der Waals surface area contributed by atoms with E-state index in [1.807, 2.05) is 24.3 Å². The van der Waals surface area contributed by atoms with Crippen molar-refractivity contribution in [3.8, 4) is 0 Å². The number of hydrogen-bond donors (Lipinski definition) is 1.